The number of nitrogens with zero attached hydrogens (tertiary/aromatic N) is 1. The minimum absolute atomic E-state index is 0.113. The van der Waals surface area contributed by atoms with E-state index in [1.54, 1.807) is 31.3 Å². The van der Waals surface area contributed by atoms with E-state index < -0.39 is 5.97 Å². The Morgan fingerprint density at radius 2 is 1.95 bits per heavy atom. The predicted molar refractivity (Wildman–Crippen MR) is 84.2 cm³/mol. The van der Waals surface area contributed by atoms with Crippen LogP contribution in [0, 0.1) is 0 Å². The number of anilines is 1. The Kier molecular flexibility index (Phi) is 4.75. The Morgan fingerprint density at radius 3 is 2.62 bits per heavy atom. The minimum Gasteiger partial charge on any atom is -0.465 e. The fourth-order valence-electron chi connectivity index (χ4n) is 2.11. The number of hydrogen-bond donors (Lipinski definition) is 0. The topological polar surface area (TPSA) is 46.6 Å². The van der Waals surface area contributed by atoms with Crippen LogP contribution >= 0.6 is 11.3 Å². The second-order valence-electron chi connectivity index (χ2n) is 4.50. The average molecular weight is 303 g/mol. The maximum atomic E-state index is 12.6. The van der Waals surface area contributed by atoms with Gasteiger partial charge in [-0.3, -0.25) is 4.79 Å². The van der Waals surface area contributed by atoms with E-state index >= 15 is 0 Å². The summed E-state index contributed by atoms with van der Waals surface area (Å²) in [4.78, 5) is 26.7. The molecule has 4 nitrogen and oxygen atoms in total. The Morgan fingerprint density at radius 1 is 1.24 bits per heavy atom. The second kappa shape index (κ2) is 6.54. The van der Waals surface area contributed by atoms with Gasteiger partial charge in [0.15, 0.2) is 0 Å². The van der Waals surface area contributed by atoms with Crippen molar-refractivity contribution in [2.45, 2.75) is 13.3 Å². The van der Waals surface area contributed by atoms with Gasteiger partial charge in [-0.05, 0) is 35.6 Å². The number of ether oxygens (including phenoxy) is 1. The lowest BCUT2D eigenvalue weighted by atomic mass is 10.1. The van der Waals surface area contributed by atoms with Crippen molar-refractivity contribution in [1.82, 2.24) is 0 Å². The summed E-state index contributed by atoms with van der Waals surface area (Å²) in [7, 11) is 3.00. The first-order valence-corrected chi connectivity index (χ1v) is 7.49. The predicted octanol–water partition coefficient (Wildman–Crippen LogP) is 3.37. The number of rotatable bonds is 4. The van der Waals surface area contributed by atoms with Crippen molar-refractivity contribution >= 4 is 28.9 Å². The van der Waals surface area contributed by atoms with E-state index in [1.165, 1.54) is 23.3 Å². The average Bonchev–Trinajstić information content (AvgIpc) is 3.01. The van der Waals surface area contributed by atoms with Crippen molar-refractivity contribution < 1.29 is 14.3 Å². The fraction of sp³-hybridized carbons (Fsp3) is 0.250. The number of hydrogen-bond acceptors (Lipinski definition) is 4. The number of thiophene rings is 1. The van der Waals surface area contributed by atoms with Gasteiger partial charge < -0.3 is 9.64 Å². The van der Waals surface area contributed by atoms with E-state index in [9.17, 15) is 9.59 Å². The third-order valence-corrected chi connectivity index (χ3v) is 4.24. The molecule has 0 fully saturated rings. The van der Waals surface area contributed by atoms with E-state index in [2.05, 4.69) is 0 Å². The molecule has 1 amide bonds. The summed E-state index contributed by atoms with van der Waals surface area (Å²) in [5.74, 6) is -0.564. The van der Waals surface area contributed by atoms with E-state index in [1.807, 2.05) is 18.4 Å². The molecule has 0 radical (unpaired) electrons. The third kappa shape index (κ3) is 2.97. The minimum atomic E-state index is -0.452. The molecule has 0 unspecified atom stereocenters. The van der Waals surface area contributed by atoms with E-state index in [4.69, 9.17) is 4.74 Å². The largest absolute Gasteiger partial charge is 0.465 e. The highest BCUT2D eigenvalue weighted by Gasteiger charge is 2.22. The van der Waals surface area contributed by atoms with Crippen LogP contribution in [0.2, 0.25) is 0 Å². The molecule has 5 heteroatoms. The SMILES string of the molecule is CCc1ccsc1C(=O)N(C)c1ccccc1C(=O)OC. The van der Waals surface area contributed by atoms with Crippen LogP contribution in [0.4, 0.5) is 5.69 Å². The molecule has 0 atom stereocenters. The molecule has 0 aliphatic heterocycles. The van der Waals surface area contributed by atoms with Crippen molar-refractivity contribution in [3.8, 4) is 0 Å². The lowest BCUT2D eigenvalue weighted by Crippen LogP contribution is -2.28. The van der Waals surface area contributed by atoms with Crippen molar-refractivity contribution in [3.63, 3.8) is 0 Å². The van der Waals surface area contributed by atoms with Gasteiger partial charge in [-0.15, -0.1) is 11.3 Å². The summed E-state index contributed by atoms with van der Waals surface area (Å²) in [6.45, 7) is 2.02. The van der Waals surface area contributed by atoms with Crippen LogP contribution in [-0.2, 0) is 11.2 Å². The summed E-state index contributed by atoms with van der Waals surface area (Å²) in [5.41, 5.74) is 1.95. The van der Waals surface area contributed by atoms with E-state index in [0.29, 0.717) is 16.1 Å². The molecule has 1 aromatic heterocycles. The first-order valence-electron chi connectivity index (χ1n) is 6.61. The van der Waals surface area contributed by atoms with Gasteiger partial charge in [-0.25, -0.2) is 4.79 Å². The summed E-state index contributed by atoms with van der Waals surface area (Å²) in [6, 6.07) is 8.89. The molecule has 1 aromatic carbocycles. The molecule has 0 spiro atoms. The molecule has 0 aliphatic carbocycles. The summed E-state index contributed by atoms with van der Waals surface area (Å²) < 4.78 is 4.77. The van der Waals surface area contributed by atoms with Crippen molar-refractivity contribution in [3.05, 3.63) is 51.7 Å². The third-order valence-electron chi connectivity index (χ3n) is 3.30. The number of para-hydroxylation sites is 1. The first kappa shape index (κ1) is 15.3. The molecule has 0 aliphatic rings. The molecule has 0 bridgehead atoms. The Hall–Kier alpha value is -2.14. The van der Waals surface area contributed by atoms with Crippen LogP contribution in [0.3, 0.4) is 0 Å². The molecule has 2 aromatic rings. The van der Waals surface area contributed by atoms with Crippen molar-refractivity contribution in [2.24, 2.45) is 0 Å². The molecule has 110 valence electrons. The zero-order chi connectivity index (χ0) is 15.4. The van der Waals surface area contributed by atoms with Gasteiger partial charge >= 0.3 is 5.97 Å². The Labute approximate surface area is 128 Å². The number of carbonyl (C=O) groups excluding carboxylic acids is 2. The van der Waals surface area contributed by atoms with Gasteiger partial charge in [-0.1, -0.05) is 19.1 Å². The lowest BCUT2D eigenvalue weighted by molar-refractivity contribution is 0.0601. The van der Waals surface area contributed by atoms with E-state index in [-0.39, 0.29) is 5.91 Å². The van der Waals surface area contributed by atoms with E-state index in [0.717, 1.165) is 12.0 Å². The number of methoxy groups -OCH3 is 1. The second-order valence-corrected chi connectivity index (χ2v) is 5.42. The van der Waals surface area contributed by atoms with Crippen molar-refractivity contribution in [2.75, 3.05) is 19.1 Å². The smallest absolute Gasteiger partial charge is 0.339 e. The molecule has 0 saturated heterocycles. The standard InChI is InChI=1S/C16H17NO3S/c1-4-11-9-10-21-14(11)15(18)17(2)13-8-6-5-7-12(13)16(19)20-3/h5-10H,4H2,1-3H3. The maximum absolute atomic E-state index is 12.6. The first-order chi connectivity index (χ1) is 10.1. The lowest BCUT2D eigenvalue weighted by Gasteiger charge is -2.19. The van der Waals surface area contributed by atoms with Gasteiger partial charge in [0.05, 0.1) is 23.2 Å². The van der Waals surface area contributed by atoms with Crippen molar-refractivity contribution in [1.29, 1.82) is 0 Å². The zero-order valence-electron chi connectivity index (χ0n) is 12.3. The Bertz CT molecular complexity index is 663. The molecular weight excluding hydrogens is 286 g/mol. The van der Waals surface area contributed by atoms with Crippen LogP contribution in [0.25, 0.3) is 0 Å². The monoisotopic (exact) mass is 303 g/mol. The van der Waals surface area contributed by atoms with Crippen LogP contribution in [0.1, 0.15) is 32.5 Å². The number of amides is 1. The van der Waals surface area contributed by atoms with Crippen LogP contribution in [0.15, 0.2) is 35.7 Å². The van der Waals surface area contributed by atoms with Crippen LogP contribution in [-0.4, -0.2) is 26.0 Å². The highest BCUT2D eigenvalue weighted by molar-refractivity contribution is 7.12. The highest BCUT2D eigenvalue weighted by atomic mass is 32.1. The number of benzene rings is 1. The normalized spacial score (nSPS) is 10.2. The number of esters is 1. The molecule has 0 saturated carbocycles. The maximum Gasteiger partial charge on any atom is 0.339 e. The summed E-state index contributed by atoms with van der Waals surface area (Å²) in [5, 5.41) is 1.91. The molecule has 21 heavy (non-hydrogen) atoms. The van der Waals surface area contributed by atoms with Gasteiger partial charge in [0, 0.05) is 7.05 Å². The highest BCUT2D eigenvalue weighted by Crippen LogP contribution is 2.25. The molecular formula is C16H17NO3S. The van der Waals surface area contributed by atoms with Gasteiger partial charge in [-0.2, -0.15) is 0 Å². The Balaban J connectivity index is 2.38. The summed E-state index contributed by atoms with van der Waals surface area (Å²) in [6.07, 6.45) is 0.803. The number of carbonyl (C=O) groups is 2. The van der Waals surface area contributed by atoms with Gasteiger partial charge in [0.2, 0.25) is 0 Å². The van der Waals surface area contributed by atoms with Crippen LogP contribution < -0.4 is 4.90 Å². The zero-order valence-corrected chi connectivity index (χ0v) is 13.1. The summed E-state index contributed by atoms with van der Waals surface area (Å²) >= 11 is 1.42. The molecule has 0 N–H and O–H groups in total. The van der Waals surface area contributed by atoms with Gasteiger partial charge in [0.1, 0.15) is 0 Å². The fourth-order valence-corrected chi connectivity index (χ4v) is 3.08. The van der Waals surface area contributed by atoms with Crippen LogP contribution in [0.5, 0.6) is 0 Å². The molecule has 1 heterocycles. The van der Waals surface area contributed by atoms with Gasteiger partial charge in [0.25, 0.3) is 5.91 Å². The number of aryl methyl sites for hydroxylation is 1. The molecule has 2 rings (SSSR count). The quantitative estimate of drug-likeness (QED) is 0.814.